The Kier molecular flexibility index (Phi) is 7.58. The second kappa shape index (κ2) is 8.51. The summed E-state index contributed by atoms with van der Waals surface area (Å²) in [5, 5.41) is 16.1. The SMILES string of the molecule is CC(C)(NC(=O)[C@@H]1CN[C@H](CO)CO1)c1cc(Cl)cc(Cl)c1.Cl. The highest BCUT2D eigenvalue weighted by Crippen LogP contribution is 2.27. The van der Waals surface area contributed by atoms with Crippen molar-refractivity contribution in [3.63, 3.8) is 0 Å². The molecule has 0 aliphatic carbocycles. The molecule has 0 aromatic heterocycles. The lowest BCUT2D eigenvalue weighted by Crippen LogP contribution is -2.55. The molecule has 0 spiro atoms. The minimum absolute atomic E-state index is 0. The van der Waals surface area contributed by atoms with E-state index >= 15 is 0 Å². The van der Waals surface area contributed by atoms with Crippen LogP contribution in [0.2, 0.25) is 10.0 Å². The van der Waals surface area contributed by atoms with Gasteiger partial charge in [-0.15, -0.1) is 12.4 Å². The van der Waals surface area contributed by atoms with Crippen molar-refractivity contribution < 1.29 is 14.6 Å². The second-order valence-corrected chi connectivity index (χ2v) is 6.75. The number of hydrogen-bond donors (Lipinski definition) is 3. The summed E-state index contributed by atoms with van der Waals surface area (Å²) < 4.78 is 5.49. The van der Waals surface area contributed by atoms with Crippen molar-refractivity contribution in [2.45, 2.75) is 31.5 Å². The van der Waals surface area contributed by atoms with E-state index in [0.29, 0.717) is 23.2 Å². The number of nitrogens with one attached hydrogen (secondary N) is 2. The van der Waals surface area contributed by atoms with Crippen LogP contribution in [0.15, 0.2) is 18.2 Å². The van der Waals surface area contributed by atoms with Gasteiger partial charge in [-0.1, -0.05) is 23.2 Å². The Bertz CT molecular complexity index is 527. The van der Waals surface area contributed by atoms with Crippen LogP contribution < -0.4 is 10.6 Å². The van der Waals surface area contributed by atoms with E-state index in [1.54, 1.807) is 18.2 Å². The third-order valence-corrected chi connectivity index (χ3v) is 4.06. The van der Waals surface area contributed by atoms with E-state index in [2.05, 4.69) is 10.6 Å². The summed E-state index contributed by atoms with van der Waals surface area (Å²) in [7, 11) is 0. The number of benzene rings is 1. The van der Waals surface area contributed by atoms with Crippen molar-refractivity contribution in [1.82, 2.24) is 10.6 Å². The lowest BCUT2D eigenvalue weighted by Gasteiger charge is -2.33. The maximum atomic E-state index is 12.3. The topological polar surface area (TPSA) is 70.6 Å². The standard InChI is InChI=1S/C15H20Cl2N2O3.ClH/c1-15(2,9-3-10(16)5-11(17)4-9)19-14(21)13-6-18-12(7-20)8-22-13;/h3-5,12-13,18,20H,6-8H2,1-2H3,(H,19,21);1H/t12-,13+;/m1./s1. The van der Waals surface area contributed by atoms with Crippen LogP contribution in [-0.2, 0) is 15.1 Å². The van der Waals surface area contributed by atoms with Gasteiger partial charge in [0.05, 0.1) is 24.8 Å². The molecule has 0 bridgehead atoms. The fourth-order valence-corrected chi connectivity index (χ4v) is 2.81. The number of hydrogen-bond acceptors (Lipinski definition) is 4. The van der Waals surface area contributed by atoms with Gasteiger partial charge in [0.2, 0.25) is 0 Å². The summed E-state index contributed by atoms with van der Waals surface area (Å²) in [4.78, 5) is 12.3. The first-order valence-electron chi connectivity index (χ1n) is 7.06. The molecule has 1 aromatic rings. The van der Waals surface area contributed by atoms with Crippen LogP contribution >= 0.6 is 35.6 Å². The highest BCUT2D eigenvalue weighted by Gasteiger charge is 2.31. The third-order valence-electron chi connectivity index (χ3n) is 3.62. The Morgan fingerprint density at radius 2 is 2.00 bits per heavy atom. The molecular weight excluding hydrogens is 363 g/mol. The Morgan fingerprint density at radius 3 is 2.48 bits per heavy atom. The molecule has 0 unspecified atom stereocenters. The number of rotatable bonds is 4. The van der Waals surface area contributed by atoms with Gasteiger partial charge < -0.3 is 20.5 Å². The number of carbonyl (C=O) groups is 1. The summed E-state index contributed by atoms with van der Waals surface area (Å²) in [6, 6.07) is 5.07. The Hall–Kier alpha value is -0.560. The van der Waals surface area contributed by atoms with E-state index < -0.39 is 11.6 Å². The van der Waals surface area contributed by atoms with Crippen LogP contribution in [-0.4, -0.2) is 42.9 Å². The first kappa shape index (κ1) is 20.5. The van der Waals surface area contributed by atoms with Crippen LogP contribution in [0.1, 0.15) is 19.4 Å². The predicted octanol–water partition coefficient (Wildman–Crippen LogP) is 2.12. The molecule has 8 heteroatoms. The first-order valence-corrected chi connectivity index (χ1v) is 7.82. The van der Waals surface area contributed by atoms with Crippen LogP contribution in [0.4, 0.5) is 0 Å². The van der Waals surface area contributed by atoms with Gasteiger partial charge in [-0.2, -0.15) is 0 Å². The van der Waals surface area contributed by atoms with Gasteiger partial charge in [0, 0.05) is 16.6 Å². The van der Waals surface area contributed by atoms with Gasteiger partial charge >= 0.3 is 0 Å². The van der Waals surface area contributed by atoms with Crippen molar-refractivity contribution >= 4 is 41.5 Å². The van der Waals surface area contributed by atoms with Crippen molar-refractivity contribution in [3.05, 3.63) is 33.8 Å². The van der Waals surface area contributed by atoms with Crippen LogP contribution in [0.25, 0.3) is 0 Å². The van der Waals surface area contributed by atoms with Gasteiger partial charge in [-0.25, -0.2) is 0 Å². The molecule has 1 amide bonds. The number of amides is 1. The molecule has 1 aliphatic heterocycles. The van der Waals surface area contributed by atoms with Crippen molar-refractivity contribution in [3.8, 4) is 0 Å². The fourth-order valence-electron chi connectivity index (χ4n) is 2.28. The zero-order valence-electron chi connectivity index (χ0n) is 12.9. The highest BCUT2D eigenvalue weighted by molar-refractivity contribution is 6.34. The summed E-state index contributed by atoms with van der Waals surface area (Å²) in [6.07, 6.45) is -0.586. The summed E-state index contributed by atoms with van der Waals surface area (Å²) in [5.74, 6) is -0.218. The molecule has 3 N–H and O–H groups in total. The van der Waals surface area contributed by atoms with E-state index in [4.69, 9.17) is 33.0 Å². The van der Waals surface area contributed by atoms with Crippen molar-refractivity contribution in [1.29, 1.82) is 0 Å². The van der Waals surface area contributed by atoms with E-state index in [1.165, 1.54) is 0 Å². The zero-order valence-corrected chi connectivity index (χ0v) is 15.3. The maximum Gasteiger partial charge on any atom is 0.251 e. The molecule has 5 nitrogen and oxygen atoms in total. The Balaban J connectivity index is 0.00000264. The number of morpholine rings is 1. The smallest absolute Gasteiger partial charge is 0.251 e. The molecule has 1 fully saturated rings. The van der Waals surface area contributed by atoms with Crippen molar-refractivity contribution in [2.75, 3.05) is 19.8 Å². The molecule has 0 radical (unpaired) electrons. The quantitative estimate of drug-likeness (QED) is 0.745. The van der Waals surface area contributed by atoms with Crippen LogP contribution in [0, 0.1) is 0 Å². The highest BCUT2D eigenvalue weighted by atomic mass is 35.5. The number of aliphatic hydroxyl groups is 1. The van der Waals surface area contributed by atoms with E-state index in [-0.39, 0.29) is 31.0 Å². The molecule has 0 saturated carbocycles. The van der Waals surface area contributed by atoms with Gasteiger partial charge in [-0.3, -0.25) is 4.79 Å². The Morgan fingerprint density at radius 1 is 1.39 bits per heavy atom. The number of aliphatic hydroxyl groups excluding tert-OH is 1. The van der Waals surface area contributed by atoms with Gasteiger partial charge in [-0.05, 0) is 37.6 Å². The van der Waals surface area contributed by atoms with Crippen LogP contribution in [0.5, 0.6) is 0 Å². The average Bonchev–Trinajstić information content (AvgIpc) is 2.46. The number of ether oxygens (including phenoxy) is 1. The zero-order chi connectivity index (χ0) is 16.3. The minimum Gasteiger partial charge on any atom is -0.395 e. The molecule has 1 aliphatic rings. The first-order chi connectivity index (χ1) is 10.3. The minimum atomic E-state index is -0.636. The summed E-state index contributed by atoms with van der Waals surface area (Å²) in [5.41, 5.74) is 0.179. The predicted molar refractivity (Wildman–Crippen MR) is 93.5 cm³/mol. The molecule has 23 heavy (non-hydrogen) atoms. The summed E-state index contributed by atoms with van der Waals surface area (Å²) in [6.45, 7) is 4.40. The lowest BCUT2D eigenvalue weighted by molar-refractivity contribution is -0.137. The number of halogens is 3. The average molecular weight is 384 g/mol. The molecule has 2 atom stereocenters. The third kappa shape index (κ3) is 5.48. The second-order valence-electron chi connectivity index (χ2n) is 5.88. The maximum absolute atomic E-state index is 12.3. The molecule has 2 rings (SSSR count). The van der Waals surface area contributed by atoms with E-state index in [9.17, 15) is 4.79 Å². The van der Waals surface area contributed by atoms with Gasteiger partial charge in [0.15, 0.2) is 0 Å². The van der Waals surface area contributed by atoms with Crippen LogP contribution in [0.3, 0.4) is 0 Å². The fraction of sp³-hybridized carbons (Fsp3) is 0.533. The summed E-state index contributed by atoms with van der Waals surface area (Å²) >= 11 is 12.0. The molecular formula is C15H21Cl3N2O3. The number of carbonyl (C=O) groups excluding carboxylic acids is 1. The largest absolute Gasteiger partial charge is 0.395 e. The molecule has 1 heterocycles. The van der Waals surface area contributed by atoms with Gasteiger partial charge in [0.1, 0.15) is 6.10 Å². The normalized spacial score (nSPS) is 21.4. The molecule has 1 saturated heterocycles. The Labute approximate surface area is 152 Å². The molecule has 1 aromatic carbocycles. The molecule has 130 valence electrons. The lowest BCUT2D eigenvalue weighted by atomic mass is 9.94. The van der Waals surface area contributed by atoms with E-state index in [0.717, 1.165) is 5.56 Å². The van der Waals surface area contributed by atoms with Gasteiger partial charge in [0.25, 0.3) is 5.91 Å². The monoisotopic (exact) mass is 382 g/mol. The van der Waals surface area contributed by atoms with E-state index in [1.807, 2.05) is 13.8 Å². The van der Waals surface area contributed by atoms with Crippen molar-refractivity contribution in [2.24, 2.45) is 0 Å².